The fourth-order valence-corrected chi connectivity index (χ4v) is 3.82. The molecule has 0 atom stereocenters. The topological polar surface area (TPSA) is 97.8 Å². The number of rotatable bonds is 8. The Labute approximate surface area is 203 Å². The molecule has 2 heterocycles. The standard InChI is InChI=1S/C27H27N3O5/c1-17-10-18(2)19(3)25(11-17)34-15-23(31)20-7-8-24-22(12-20)30(27(33)16-35-24)14-26(32)29-13-21-6-4-5-9-28-21/h4-12H,13-16H2,1-3H3,(H,29,32). The second-order valence-electron chi connectivity index (χ2n) is 8.47. The average molecular weight is 474 g/mol. The van der Waals surface area contributed by atoms with Gasteiger partial charge in [-0.2, -0.15) is 0 Å². The van der Waals surface area contributed by atoms with Gasteiger partial charge in [0.2, 0.25) is 5.91 Å². The Morgan fingerprint density at radius 1 is 1.11 bits per heavy atom. The van der Waals surface area contributed by atoms with E-state index in [1.165, 1.54) is 4.90 Å². The first-order chi connectivity index (χ1) is 16.8. The minimum atomic E-state index is -0.364. The molecule has 0 fully saturated rings. The van der Waals surface area contributed by atoms with Gasteiger partial charge in [0.15, 0.2) is 19.0 Å². The average Bonchev–Trinajstić information content (AvgIpc) is 2.86. The highest BCUT2D eigenvalue weighted by molar-refractivity contribution is 6.04. The van der Waals surface area contributed by atoms with E-state index >= 15 is 0 Å². The van der Waals surface area contributed by atoms with Crippen LogP contribution in [0.1, 0.15) is 32.7 Å². The van der Waals surface area contributed by atoms with E-state index in [1.54, 1.807) is 36.5 Å². The van der Waals surface area contributed by atoms with Crippen molar-refractivity contribution in [1.82, 2.24) is 10.3 Å². The Morgan fingerprint density at radius 2 is 1.94 bits per heavy atom. The zero-order valence-corrected chi connectivity index (χ0v) is 20.0. The summed E-state index contributed by atoms with van der Waals surface area (Å²) in [5, 5.41) is 2.76. The van der Waals surface area contributed by atoms with Gasteiger partial charge in [0.05, 0.1) is 17.9 Å². The van der Waals surface area contributed by atoms with Gasteiger partial charge in [0.25, 0.3) is 5.91 Å². The molecule has 4 rings (SSSR count). The van der Waals surface area contributed by atoms with Gasteiger partial charge < -0.3 is 14.8 Å². The predicted molar refractivity (Wildman–Crippen MR) is 131 cm³/mol. The second kappa shape index (κ2) is 10.4. The number of amides is 2. The number of anilines is 1. The van der Waals surface area contributed by atoms with Crippen molar-refractivity contribution >= 4 is 23.3 Å². The summed E-state index contributed by atoms with van der Waals surface area (Å²) >= 11 is 0. The lowest BCUT2D eigenvalue weighted by molar-refractivity contribution is -0.125. The highest BCUT2D eigenvalue weighted by Crippen LogP contribution is 2.33. The van der Waals surface area contributed by atoms with Crippen LogP contribution in [-0.4, -0.2) is 42.3 Å². The Kier molecular flexibility index (Phi) is 7.10. The highest BCUT2D eigenvalue weighted by Gasteiger charge is 2.28. The lowest BCUT2D eigenvalue weighted by atomic mass is 10.1. The number of aromatic nitrogens is 1. The number of ether oxygens (including phenoxy) is 2. The molecule has 3 aromatic rings. The molecule has 35 heavy (non-hydrogen) atoms. The number of hydrogen-bond donors (Lipinski definition) is 1. The third-order valence-corrected chi connectivity index (χ3v) is 5.84. The third kappa shape index (κ3) is 5.66. The SMILES string of the molecule is Cc1cc(C)c(C)c(OCC(=O)c2ccc3c(c2)N(CC(=O)NCc2ccccn2)C(=O)CO3)c1. The van der Waals surface area contributed by atoms with Crippen molar-refractivity contribution in [2.75, 3.05) is 24.7 Å². The highest BCUT2D eigenvalue weighted by atomic mass is 16.5. The number of carbonyl (C=O) groups excluding carboxylic acids is 3. The fourth-order valence-electron chi connectivity index (χ4n) is 3.82. The Bertz CT molecular complexity index is 1270. The molecule has 8 nitrogen and oxygen atoms in total. The largest absolute Gasteiger partial charge is 0.485 e. The quantitative estimate of drug-likeness (QED) is 0.504. The zero-order chi connectivity index (χ0) is 24.9. The van der Waals surface area contributed by atoms with Crippen molar-refractivity contribution in [2.24, 2.45) is 0 Å². The molecule has 0 bridgehead atoms. The summed E-state index contributed by atoms with van der Waals surface area (Å²) in [6.45, 7) is 5.65. The molecule has 1 aliphatic heterocycles. The summed E-state index contributed by atoms with van der Waals surface area (Å²) in [6, 6.07) is 14.2. The number of nitrogens with one attached hydrogen (secondary N) is 1. The van der Waals surface area contributed by atoms with Gasteiger partial charge in [-0.1, -0.05) is 12.1 Å². The van der Waals surface area contributed by atoms with Crippen LogP contribution in [0.2, 0.25) is 0 Å². The van der Waals surface area contributed by atoms with Crippen LogP contribution in [0.15, 0.2) is 54.7 Å². The first-order valence-electron chi connectivity index (χ1n) is 11.3. The van der Waals surface area contributed by atoms with Crippen LogP contribution in [0, 0.1) is 20.8 Å². The number of Topliss-reactive ketones (excluding diaryl/α,β-unsaturated/α-hetero) is 1. The van der Waals surface area contributed by atoms with Crippen LogP contribution in [0.3, 0.4) is 0 Å². The fraction of sp³-hybridized carbons (Fsp3) is 0.259. The maximum absolute atomic E-state index is 12.9. The second-order valence-corrected chi connectivity index (χ2v) is 8.47. The molecule has 0 unspecified atom stereocenters. The van der Waals surface area contributed by atoms with E-state index in [0.717, 1.165) is 16.7 Å². The number of aryl methyl sites for hydroxylation is 2. The number of pyridine rings is 1. The zero-order valence-electron chi connectivity index (χ0n) is 20.0. The van der Waals surface area contributed by atoms with Crippen LogP contribution in [0.5, 0.6) is 11.5 Å². The summed E-state index contributed by atoms with van der Waals surface area (Å²) in [5.74, 6) is 0.145. The van der Waals surface area contributed by atoms with Gasteiger partial charge in [-0.3, -0.25) is 24.3 Å². The Morgan fingerprint density at radius 3 is 2.71 bits per heavy atom. The van der Waals surface area contributed by atoms with Gasteiger partial charge in [0, 0.05) is 11.8 Å². The van der Waals surface area contributed by atoms with E-state index in [-0.39, 0.29) is 43.9 Å². The van der Waals surface area contributed by atoms with Gasteiger partial charge in [-0.05, 0) is 73.9 Å². The molecule has 0 saturated heterocycles. The molecular formula is C27H27N3O5. The van der Waals surface area contributed by atoms with E-state index in [0.29, 0.717) is 28.4 Å². The smallest absolute Gasteiger partial charge is 0.265 e. The molecule has 2 aromatic carbocycles. The summed E-state index contributed by atoms with van der Waals surface area (Å²) in [5.41, 5.74) is 4.58. The van der Waals surface area contributed by atoms with Crippen LogP contribution in [-0.2, 0) is 16.1 Å². The van der Waals surface area contributed by atoms with Crippen LogP contribution in [0.25, 0.3) is 0 Å². The summed E-state index contributed by atoms with van der Waals surface area (Å²) in [7, 11) is 0. The first kappa shape index (κ1) is 23.9. The van der Waals surface area contributed by atoms with Gasteiger partial charge in [-0.15, -0.1) is 0 Å². The van der Waals surface area contributed by atoms with Crippen molar-refractivity contribution in [3.63, 3.8) is 0 Å². The maximum Gasteiger partial charge on any atom is 0.265 e. The van der Waals surface area contributed by atoms with Crippen LogP contribution < -0.4 is 19.7 Å². The van der Waals surface area contributed by atoms with Crippen LogP contribution >= 0.6 is 0 Å². The minimum Gasteiger partial charge on any atom is -0.485 e. The molecular weight excluding hydrogens is 446 g/mol. The van der Waals surface area contributed by atoms with Crippen molar-refractivity contribution in [1.29, 1.82) is 0 Å². The summed E-state index contributed by atoms with van der Waals surface area (Å²) in [6.07, 6.45) is 1.65. The number of fused-ring (bicyclic) bond motifs is 1. The minimum absolute atomic E-state index is 0.151. The number of hydrogen-bond acceptors (Lipinski definition) is 6. The molecule has 1 aromatic heterocycles. The number of nitrogens with zero attached hydrogens (tertiary/aromatic N) is 2. The molecule has 2 amide bonds. The summed E-state index contributed by atoms with van der Waals surface area (Å²) < 4.78 is 11.3. The lowest BCUT2D eigenvalue weighted by Crippen LogP contribution is -2.45. The summed E-state index contributed by atoms with van der Waals surface area (Å²) in [4.78, 5) is 43.5. The van der Waals surface area contributed by atoms with Crippen molar-refractivity contribution in [3.8, 4) is 11.5 Å². The number of carbonyl (C=O) groups is 3. The third-order valence-electron chi connectivity index (χ3n) is 5.84. The maximum atomic E-state index is 12.9. The van der Waals surface area contributed by atoms with Crippen molar-refractivity contribution in [3.05, 3.63) is 82.7 Å². The van der Waals surface area contributed by atoms with Crippen LogP contribution in [0.4, 0.5) is 5.69 Å². The van der Waals surface area contributed by atoms with E-state index in [4.69, 9.17) is 9.47 Å². The van der Waals surface area contributed by atoms with E-state index in [9.17, 15) is 14.4 Å². The van der Waals surface area contributed by atoms with E-state index in [1.807, 2.05) is 32.9 Å². The van der Waals surface area contributed by atoms with E-state index in [2.05, 4.69) is 16.4 Å². The Hall–Kier alpha value is -4.20. The molecule has 0 saturated carbocycles. The van der Waals surface area contributed by atoms with Gasteiger partial charge >= 0.3 is 0 Å². The molecule has 1 N–H and O–H groups in total. The van der Waals surface area contributed by atoms with Crippen molar-refractivity contribution < 1.29 is 23.9 Å². The van der Waals surface area contributed by atoms with Gasteiger partial charge in [0.1, 0.15) is 18.0 Å². The molecule has 0 spiro atoms. The van der Waals surface area contributed by atoms with Crippen molar-refractivity contribution in [2.45, 2.75) is 27.3 Å². The lowest BCUT2D eigenvalue weighted by Gasteiger charge is -2.29. The monoisotopic (exact) mass is 473 g/mol. The van der Waals surface area contributed by atoms with Gasteiger partial charge in [-0.25, -0.2) is 0 Å². The predicted octanol–water partition coefficient (Wildman–Crippen LogP) is 3.31. The molecule has 180 valence electrons. The molecule has 8 heteroatoms. The molecule has 0 aliphatic carbocycles. The molecule has 0 radical (unpaired) electrons. The number of benzene rings is 2. The Balaban J connectivity index is 1.46. The normalized spacial score (nSPS) is 12.5. The van der Waals surface area contributed by atoms with E-state index < -0.39 is 0 Å². The molecule has 1 aliphatic rings. The number of ketones is 1. The first-order valence-corrected chi connectivity index (χ1v) is 11.3.